The molecule has 3 rings (SSSR count). The third-order valence-corrected chi connectivity index (χ3v) is 4.60. The summed E-state index contributed by atoms with van der Waals surface area (Å²) in [6, 6.07) is 9.27. The zero-order valence-corrected chi connectivity index (χ0v) is 14.5. The molecular weight excluding hydrogens is 322 g/mol. The van der Waals surface area contributed by atoms with Crippen molar-refractivity contribution in [2.45, 2.75) is 25.8 Å². The molecule has 2 aromatic rings. The van der Waals surface area contributed by atoms with Crippen molar-refractivity contribution in [2.75, 3.05) is 14.2 Å². The van der Waals surface area contributed by atoms with E-state index in [1.54, 1.807) is 26.0 Å². The highest BCUT2D eigenvalue weighted by atomic mass is 16.5. The summed E-state index contributed by atoms with van der Waals surface area (Å²) in [6.45, 7) is 1.86. The molecule has 0 bridgehead atoms. The van der Waals surface area contributed by atoms with Gasteiger partial charge in [0.25, 0.3) is 0 Å². The predicted molar refractivity (Wildman–Crippen MR) is 90.7 cm³/mol. The fraction of sp³-hybridized carbons (Fsp3) is 0.368. The van der Waals surface area contributed by atoms with Crippen molar-refractivity contribution in [2.24, 2.45) is 5.92 Å². The van der Waals surface area contributed by atoms with Crippen LogP contribution in [0, 0.1) is 12.8 Å². The van der Waals surface area contributed by atoms with E-state index in [1.165, 1.54) is 6.07 Å². The Balaban J connectivity index is 1.64. The summed E-state index contributed by atoms with van der Waals surface area (Å²) in [6.07, 6.45) is 0.813. The Morgan fingerprint density at radius 1 is 1.36 bits per heavy atom. The number of hydrogen-bond acceptors (Lipinski definition) is 4. The molecule has 0 aliphatic heterocycles. The lowest BCUT2D eigenvalue weighted by molar-refractivity contribution is -0.132. The first-order valence-corrected chi connectivity index (χ1v) is 8.12. The Morgan fingerprint density at radius 2 is 2.12 bits per heavy atom. The molecule has 132 valence electrons. The molecule has 6 nitrogen and oxygen atoms in total. The Hall–Kier alpha value is -2.76. The van der Waals surface area contributed by atoms with Crippen LogP contribution >= 0.6 is 0 Å². The van der Waals surface area contributed by atoms with E-state index < -0.39 is 5.97 Å². The zero-order valence-electron chi connectivity index (χ0n) is 14.5. The van der Waals surface area contributed by atoms with Crippen LogP contribution in [0.2, 0.25) is 0 Å². The van der Waals surface area contributed by atoms with Crippen molar-refractivity contribution in [3.63, 3.8) is 0 Å². The van der Waals surface area contributed by atoms with Crippen LogP contribution in [0.4, 0.5) is 0 Å². The number of aryl methyl sites for hydroxylation is 1. The van der Waals surface area contributed by atoms with Crippen molar-refractivity contribution in [3.05, 3.63) is 53.0 Å². The van der Waals surface area contributed by atoms with Gasteiger partial charge in [-0.05, 0) is 43.0 Å². The first-order chi connectivity index (χ1) is 11.9. The number of benzene rings is 1. The number of carboxylic acids is 1. The van der Waals surface area contributed by atoms with Gasteiger partial charge in [0.2, 0.25) is 5.91 Å². The SMILES string of the molecule is COc1cccc([C@@H]2C[C@@H]2C(=O)N(C)Cc2cc(C(=O)O)c(C)o2)c1. The van der Waals surface area contributed by atoms with Gasteiger partial charge in [0.15, 0.2) is 0 Å². The van der Waals surface area contributed by atoms with Crippen LogP contribution in [-0.2, 0) is 11.3 Å². The second-order valence-electron chi connectivity index (χ2n) is 6.41. The van der Waals surface area contributed by atoms with Crippen molar-refractivity contribution in [1.29, 1.82) is 0 Å². The number of ether oxygens (including phenoxy) is 1. The molecule has 1 aromatic carbocycles. The van der Waals surface area contributed by atoms with E-state index in [-0.39, 0.29) is 29.9 Å². The molecule has 0 unspecified atom stereocenters. The predicted octanol–water partition coefficient (Wildman–Crippen LogP) is 3.06. The number of carbonyl (C=O) groups is 2. The lowest BCUT2D eigenvalue weighted by atomic mass is 10.1. The minimum Gasteiger partial charge on any atom is -0.497 e. The van der Waals surface area contributed by atoms with Gasteiger partial charge >= 0.3 is 5.97 Å². The number of rotatable bonds is 6. The fourth-order valence-corrected chi connectivity index (χ4v) is 3.14. The number of carbonyl (C=O) groups excluding carboxylic acids is 1. The second-order valence-corrected chi connectivity index (χ2v) is 6.41. The second kappa shape index (κ2) is 6.63. The molecule has 2 atom stereocenters. The van der Waals surface area contributed by atoms with Crippen LogP contribution < -0.4 is 4.74 Å². The molecule has 25 heavy (non-hydrogen) atoms. The highest BCUT2D eigenvalue weighted by molar-refractivity contribution is 5.89. The van der Waals surface area contributed by atoms with Gasteiger partial charge in [-0.3, -0.25) is 4.79 Å². The summed E-state index contributed by atoms with van der Waals surface area (Å²) >= 11 is 0. The van der Waals surface area contributed by atoms with E-state index in [2.05, 4.69) is 0 Å². The number of hydrogen-bond donors (Lipinski definition) is 1. The quantitative estimate of drug-likeness (QED) is 0.872. The zero-order chi connectivity index (χ0) is 18.1. The van der Waals surface area contributed by atoms with E-state index in [1.807, 2.05) is 24.3 Å². The van der Waals surface area contributed by atoms with Crippen molar-refractivity contribution >= 4 is 11.9 Å². The van der Waals surface area contributed by atoms with Gasteiger partial charge < -0.3 is 19.2 Å². The van der Waals surface area contributed by atoms with Crippen LogP contribution in [0.1, 0.15) is 39.8 Å². The van der Waals surface area contributed by atoms with E-state index in [9.17, 15) is 9.59 Å². The number of amides is 1. The number of furan rings is 1. The molecule has 1 saturated carbocycles. The number of aromatic carboxylic acids is 1. The smallest absolute Gasteiger partial charge is 0.339 e. The van der Waals surface area contributed by atoms with Gasteiger partial charge in [-0.25, -0.2) is 4.79 Å². The van der Waals surface area contributed by atoms with E-state index in [4.69, 9.17) is 14.3 Å². The molecular formula is C19H21NO5. The standard InChI is InChI=1S/C19H21NO5/c1-11-15(19(22)23)8-14(25-11)10-20(2)18(21)17-9-16(17)12-5-4-6-13(7-12)24-3/h4-8,16-17H,9-10H2,1-3H3,(H,22,23)/t16-,17-/m0/s1. The molecule has 1 aliphatic carbocycles. The first kappa shape index (κ1) is 17.1. The maximum absolute atomic E-state index is 12.6. The van der Waals surface area contributed by atoms with Crippen molar-refractivity contribution < 1.29 is 23.8 Å². The Morgan fingerprint density at radius 3 is 2.76 bits per heavy atom. The molecule has 1 aliphatic rings. The largest absolute Gasteiger partial charge is 0.497 e. The average Bonchev–Trinajstić information content (AvgIpc) is 3.31. The van der Waals surface area contributed by atoms with Crippen LogP contribution in [0.5, 0.6) is 5.75 Å². The fourth-order valence-electron chi connectivity index (χ4n) is 3.14. The van der Waals surface area contributed by atoms with Crippen LogP contribution in [0.15, 0.2) is 34.7 Å². The molecule has 1 heterocycles. The van der Waals surface area contributed by atoms with Gasteiger partial charge in [-0.2, -0.15) is 0 Å². The number of methoxy groups -OCH3 is 1. The number of nitrogens with zero attached hydrogens (tertiary/aromatic N) is 1. The maximum atomic E-state index is 12.6. The summed E-state index contributed by atoms with van der Waals surface area (Å²) in [5.41, 5.74) is 1.24. The molecule has 6 heteroatoms. The van der Waals surface area contributed by atoms with Crippen LogP contribution in [0.25, 0.3) is 0 Å². The molecule has 0 saturated heterocycles. The van der Waals surface area contributed by atoms with E-state index in [0.717, 1.165) is 17.7 Å². The first-order valence-electron chi connectivity index (χ1n) is 8.12. The summed E-state index contributed by atoms with van der Waals surface area (Å²) in [4.78, 5) is 25.3. The topological polar surface area (TPSA) is 80.0 Å². The summed E-state index contributed by atoms with van der Waals surface area (Å²) in [5.74, 6) is 0.787. The van der Waals surface area contributed by atoms with Gasteiger partial charge in [-0.1, -0.05) is 12.1 Å². The van der Waals surface area contributed by atoms with E-state index >= 15 is 0 Å². The molecule has 1 amide bonds. The minimum absolute atomic E-state index is 0.0405. The number of carboxylic acid groups (broad SMARTS) is 1. The van der Waals surface area contributed by atoms with Crippen LogP contribution in [-0.4, -0.2) is 36.0 Å². The Kier molecular flexibility index (Phi) is 4.53. The lowest BCUT2D eigenvalue weighted by Gasteiger charge is -2.16. The van der Waals surface area contributed by atoms with Gasteiger partial charge in [0, 0.05) is 13.0 Å². The summed E-state index contributed by atoms with van der Waals surface area (Å²) < 4.78 is 10.7. The lowest BCUT2D eigenvalue weighted by Crippen LogP contribution is -2.27. The summed E-state index contributed by atoms with van der Waals surface area (Å²) in [7, 11) is 3.33. The van der Waals surface area contributed by atoms with Crippen molar-refractivity contribution in [3.8, 4) is 5.75 Å². The monoisotopic (exact) mass is 343 g/mol. The third-order valence-electron chi connectivity index (χ3n) is 4.60. The molecule has 1 N–H and O–H groups in total. The Bertz CT molecular complexity index is 810. The van der Waals surface area contributed by atoms with Gasteiger partial charge in [-0.15, -0.1) is 0 Å². The maximum Gasteiger partial charge on any atom is 0.339 e. The minimum atomic E-state index is -1.03. The average molecular weight is 343 g/mol. The molecule has 0 spiro atoms. The normalized spacial score (nSPS) is 18.7. The molecule has 0 radical (unpaired) electrons. The molecule has 1 fully saturated rings. The van der Waals surface area contributed by atoms with Crippen LogP contribution in [0.3, 0.4) is 0 Å². The van der Waals surface area contributed by atoms with E-state index in [0.29, 0.717) is 11.5 Å². The van der Waals surface area contributed by atoms with Gasteiger partial charge in [0.1, 0.15) is 22.8 Å². The van der Waals surface area contributed by atoms with Gasteiger partial charge in [0.05, 0.1) is 13.7 Å². The highest BCUT2D eigenvalue weighted by Gasteiger charge is 2.45. The highest BCUT2D eigenvalue weighted by Crippen LogP contribution is 2.49. The molecule has 1 aromatic heterocycles. The summed E-state index contributed by atoms with van der Waals surface area (Å²) in [5, 5.41) is 9.07. The Labute approximate surface area is 146 Å². The van der Waals surface area contributed by atoms with Crippen molar-refractivity contribution in [1.82, 2.24) is 4.90 Å². The third kappa shape index (κ3) is 3.52.